The molecule has 0 aliphatic carbocycles. The summed E-state index contributed by atoms with van der Waals surface area (Å²) in [6.45, 7) is 4.45. The average molecular weight is 217 g/mol. The summed E-state index contributed by atoms with van der Waals surface area (Å²) < 4.78 is 0. The van der Waals surface area contributed by atoms with Gasteiger partial charge < -0.3 is 5.32 Å². The second-order valence-electron chi connectivity index (χ2n) is 4.21. The van der Waals surface area contributed by atoms with Crippen LogP contribution in [0.25, 0.3) is 10.9 Å². The Morgan fingerprint density at radius 3 is 3.00 bits per heavy atom. The van der Waals surface area contributed by atoms with Gasteiger partial charge >= 0.3 is 0 Å². The van der Waals surface area contributed by atoms with Gasteiger partial charge in [0.1, 0.15) is 0 Å². The van der Waals surface area contributed by atoms with E-state index in [2.05, 4.69) is 47.6 Å². The number of hydrogen-bond donors (Lipinski definition) is 2. The maximum Gasteiger partial charge on any atom is 0.0670 e. The summed E-state index contributed by atoms with van der Waals surface area (Å²) >= 11 is 0. The van der Waals surface area contributed by atoms with Gasteiger partial charge in [0.2, 0.25) is 0 Å². The lowest BCUT2D eigenvalue weighted by Crippen LogP contribution is -2.17. The summed E-state index contributed by atoms with van der Waals surface area (Å²) in [5, 5.41) is 11.7. The third kappa shape index (κ3) is 2.35. The second kappa shape index (κ2) is 5.01. The molecule has 0 saturated heterocycles. The molecular weight excluding hydrogens is 198 g/mol. The van der Waals surface area contributed by atoms with Crippen molar-refractivity contribution in [2.75, 3.05) is 5.32 Å². The van der Waals surface area contributed by atoms with E-state index >= 15 is 0 Å². The van der Waals surface area contributed by atoms with Gasteiger partial charge in [0.05, 0.1) is 11.7 Å². The second-order valence-corrected chi connectivity index (χ2v) is 4.21. The molecule has 1 aromatic heterocycles. The Morgan fingerprint density at radius 1 is 1.38 bits per heavy atom. The molecule has 0 saturated carbocycles. The molecule has 1 unspecified atom stereocenters. The largest absolute Gasteiger partial charge is 0.382 e. The van der Waals surface area contributed by atoms with E-state index in [0.29, 0.717) is 6.04 Å². The van der Waals surface area contributed by atoms with Crippen molar-refractivity contribution in [1.82, 2.24) is 10.2 Å². The molecule has 1 atom stereocenters. The van der Waals surface area contributed by atoms with E-state index in [4.69, 9.17) is 0 Å². The van der Waals surface area contributed by atoms with Crippen LogP contribution < -0.4 is 5.32 Å². The number of benzene rings is 1. The Morgan fingerprint density at radius 2 is 2.25 bits per heavy atom. The predicted molar refractivity (Wildman–Crippen MR) is 68.7 cm³/mol. The van der Waals surface area contributed by atoms with Crippen LogP contribution in [0, 0.1) is 0 Å². The van der Waals surface area contributed by atoms with Gasteiger partial charge in [-0.15, -0.1) is 0 Å². The first kappa shape index (κ1) is 11.0. The number of anilines is 1. The smallest absolute Gasteiger partial charge is 0.0670 e. The van der Waals surface area contributed by atoms with Crippen LogP contribution in [0.4, 0.5) is 5.69 Å². The summed E-state index contributed by atoms with van der Waals surface area (Å²) in [4.78, 5) is 0. The third-order valence-electron chi connectivity index (χ3n) is 2.94. The lowest BCUT2D eigenvalue weighted by molar-refractivity contribution is 0.623. The number of fused-ring (bicyclic) bond motifs is 1. The van der Waals surface area contributed by atoms with Crippen molar-refractivity contribution < 1.29 is 0 Å². The maximum absolute atomic E-state index is 4.03. The van der Waals surface area contributed by atoms with Crippen molar-refractivity contribution in [3.8, 4) is 0 Å². The van der Waals surface area contributed by atoms with E-state index in [1.54, 1.807) is 0 Å². The highest BCUT2D eigenvalue weighted by Gasteiger charge is 2.05. The highest BCUT2D eigenvalue weighted by molar-refractivity contribution is 5.81. The molecule has 3 nitrogen and oxygen atoms in total. The molecule has 0 fully saturated rings. The van der Waals surface area contributed by atoms with Gasteiger partial charge in [-0.25, -0.2) is 0 Å². The molecule has 3 heteroatoms. The first-order valence-corrected chi connectivity index (χ1v) is 6.03. The predicted octanol–water partition coefficient (Wildman–Crippen LogP) is 3.55. The quantitative estimate of drug-likeness (QED) is 0.804. The molecule has 2 rings (SSSR count). The molecule has 0 amide bonds. The van der Waals surface area contributed by atoms with Crippen LogP contribution in [0.3, 0.4) is 0 Å². The minimum Gasteiger partial charge on any atom is -0.382 e. The van der Waals surface area contributed by atoms with Crippen LogP contribution in [0.2, 0.25) is 0 Å². The highest BCUT2D eigenvalue weighted by atomic mass is 15.1. The Balaban J connectivity index is 2.13. The molecule has 2 N–H and O–H groups in total. The molecule has 2 aromatic rings. The van der Waals surface area contributed by atoms with E-state index in [-0.39, 0.29) is 0 Å². The molecule has 16 heavy (non-hydrogen) atoms. The topological polar surface area (TPSA) is 40.7 Å². The lowest BCUT2D eigenvalue weighted by Gasteiger charge is -2.17. The zero-order valence-corrected chi connectivity index (χ0v) is 9.96. The van der Waals surface area contributed by atoms with Gasteiger partial charge in [0, 0.05) is 17.1 Å². The Kier molecular flexibility index (Phi) is 3.44. The van der Waals surface area contributed by atoms with E-state index < -0.39 is 0 Å². The van der Waals surface area contributed by atoms with E-state index in [0.717, 1.165) is 17.3 Å². The standard InChI is InChI=1S/C13H19N3/c1-3-5-11(4-2)15-12-7-6-10-9-14-16-13(10)8-12/h6-9,11,15H,3-5H2,1-2H3,(H,14,16). The maximum atomic E-state index is 4.03. The van der Waals surface area contributed by atoms with Gasteiger partial charge in [-0.3, -0.25) is 5.10 Å². The fourth-order valence-corrected chi connectivity index (χ4v) is 1.99. The summed E-state index contributed by atoms with van der Waals surface area (Å²) in [6.07, 6.45) is 5.45. The summed E-state index contributed by atoms with van der Waals surface area (Å²) in [5.74, 6) is 0. The number of hydrogen-bond acceptors (Lipinski definition) is 2. The molecule has 1 aromatic carbocycles. The average Bonchev–Trinajstić information content (AvgIpc) is 2.75. The Bertz CT molecular complexity index is 447. The summed E-state index contributed by atoms with van der Waals surface area (Å²) in [6, 6.07) is 6.92. The number of nitrogens with one attached hydrogen (secondary N) is 2. The normalized spacial score (nSPS) is 12.9. The summed E-state index contributed by atoms with van der Waals surface area (Å²) in [5.41, 5.74) is 2.27. The molecule has 0 aliphatic rings. The van der Waals surface area contributed by atoms with Gasteiger partial charge in [0.15, 0.2) is 0 Å². The number of rotatable bonds is 5. The van der Waals surface area contributed by atoms with Gasteiger partial charge in [-0.1, -0.05) is 20.3 Å². The zero-order valence-electron chi connectivity index (χ0n) is 9.96. The fraction of sp³-hybridized carbons (Fsp3) is 0.462. The number of H-pyrrole nitrogens is 1. The number of aromatic amines is 1. The van der Waals surface area contributed by atoms with Crippen molar-refractivity contribution in [3.05, 3.63) is 24.4 Å². The number of aromatic nitrogens is 2. The minimum absolute atomic E-state index is 0.574. The first-order valence-electron chi connectivity index (χ1n) is 6.03. The lowest BCUT2D eigenvalue weighted by atomic mass is 10.1. The van der Waals surface area contributed by atoms with Crippen LogP contribution in [0.1, 0.15) is 33.1 Å². The van der Waals surface area contributed by atoms with Crippen LogP contribution in [-0.2, 0) is 0 Å². The van der Waals surface area contributed by atoms with Crippen LogP contribution >= 0.6 is 0 Å². The number of nitrogens with zero attached hydrogens (tertiary/aromatic N) is 1. The van der Waals surface area contributed by atoms with Crippen LogP contribution in [0.5, 0.6) is 0 Å². The first-order chi connectivity index (χ1) is 7.83. The summed E-state index contributed by atoms with van der Waals surface area (Å²) in [7, 11) is 0. The fourth-order valence-electron chi connectivity index (χ4n) is 1.99. The Hall–Kier alpha value is -1.51. The molecule has 86 valence electrons. The monoisotopic (exact) mass is 217 g/mol. The molecule has 0 aliphatic heterocycles. The Labute approximate surface area is 96.2 Å². The van der Waals surface area contributed by atoms with Crippen LogP contribution in [-0.4, -0.2) is 16.2 Å². The van der Waals surface area contributed by atoms with Gasteiger partial charge in [-0.2, -0.15) is 5.10 Å². The van der Waals surface area contributed by atoms with E-state index in [1.807, 2.05) is 6.20 Å². The van der Waals surface area contributed by atoms with Gasteiger partial charge in [0.25, 0.3) is 0 Å². The molecule has 0 bridgehead atoms. The van der Waals surface area contributed by atoms with E-state index in [9.17, 15) is 0 Å². The minimum atomic E-state index is 0.574. The van der Waals surface area contributed by atoms with Crippen molar-refractivity contribution in [1.29, 1.82) is 0 Å². The van der Waals surface area contributed by atoms with Crippen molar-refractivity contribution in [2.24, 2.45) is 0 Å². The van der Waals surface area contributed by atoms with Crippen molar-refractivity contribution in [2.45, 2.75) is 39.2 Å². The highest BCUT2D eigenvalue weighted by Crippen LogP contribution is 2.18. The SMILES string of the molecule is CCCC(CC)Nc1ccc2cn[nH]c2c1. The third-order valence-corrected chi connectivity index (χ3v) is 2.94. The van der Waals surface area contributed by atoms with Crippen molar-refractivity contribution in [3.63, 3.8) is 0 Å². The molecule has 0 radical (unpaired) electrons. The molecular formula is C13H19N3. The molecule has 0 spiro atoms. The molecule has 1 heterocycles. The van der Waals surface area contributed by atoms with Crippen molar-refractivity contribution >= 4 is 16.6 Å². The van der Waals surface area contributed by atoms with Crippen LogP contribution in [0.15, 0.2) is 24.4 Å². The van der Waals surface area contributed by atoms with Gasteiger partial charge in [-0.05, 0) is 31.0 Å². The zero-order chi connectivity index (χ0) is 11.4. The van der Waals surface area contributed by atoms with E-state index in [1.165, 1.54) is 18.5 Å².